The number of aliphatic hydroxyl groups is 1. The first-order valence-electron chi connectivity index (χ1n) is 8.88. The fourth-order valence-corrected chi connectivity index (χ4v) is 3.73. The predicted molar refractivity (Wildman–Crippen MR) is 93.3 cm³/mol. The average Bonchev–Trinajstić information content (AvgIpc) is 2.62. The molecule has 2 fully saturated rings. The first-order chi connectivity index (χ1) is 11.9. The third-order valence-corrected chi connectivity index (χ3v) is 5.41. The van der Waals surface area contributed by atoms with Gasteiger partial charge < -0.3 is 20.5 Å². The highest BCUT2D eigenvalue weighted by Gasteiger charge is 2.40. The largest absolute Gasteiger partial charge is 0.497 e. The summed E-state index contributed by atoms with van der Waals surface area (Å²) in [5.74, 6) is 0.130. The van der Waals surface area contributed by atoms with Gasteiger partial charge in [-0.2, -0.15) is 0 Å². The molecule has 3 rings (SSSR count). The molecule has 6 nitrogen and oxygen atoms in total. The van der Waals surface area contributed by atoms with Crippen molar-refractivity contribution in [1.29, 1.82) is 0 Å². The lowest BCUT2D eigenvalue weighted by atomic mass is 9.84. The molecule has 1 aliphatic carbocycles. The van der Waals surface area contributed by atoms with E-state index < -0.39 is 11.6 Å². The SMILES string of the molecule is COc1ccc([C@@](C)(O)C(=O)C[C@H]2NC3CCCCC3NC2=O)cc1. The lowest BCUT2D eigenvalue weighted by molar-refractivity contribution is -0.140. The van der Waals surface area contributed by atoms with Gasteiger partial charge in [-0.3, -0.25) is 9.59 Å². The Morgan fingerprint density at radius 1 is 1.24 bits per heavy atom. The van der Waals surface area contributed by atoms with Crippen LogP contribution < -0.4 is 15.4 Å². The van der Waals surface area contributed by atoms with Crippen molar-refractivity contribution < 1.29 is 19.4 Å². The number of carbonyl (C=O) groups excluding carboxylic acids is 2. The minimum Gasteiger partial charge on any atom is -0.497 e. The Morgan fingerprint density at radius 2 is 1.88 bits per heavy atom. The van der Waals surface area contributed by atoms with Crippen molar-refractivity contribution in [3.8, 4) is 5.75 Å². The zero-order valence-electron chi connectivity index (χ0n) is 14.7. The molecule has 1 aromatic carbocycles. The van der Waals surface area contributed by atoms with Crippen LogP contribution in [0.3, 0.4) is 0 Å². The predicted octanol–water partition coefficient (Wildman–Crippen LogP) is 1.26. The maximum atomic E-state index is 12.7. The number of rotatable bonds is 5. The van der Waals surface area contributed by atoms with Crippen LogP contribution in [0.4, 0.5) is 0 Å². The van der Waals surface area contributed by atoms with Crippen molar-refractivity contribution in [3.05, 3.63) is 29.8 Å². The van der Waals surface area contributed by atoms with Gasteiger partial charge in [0.2, 0.25) is 5.91 Å². The van der Waals surface area contributed by atoms with Gasteiger partial charge in [-0.05, 0) is 37.5 Å². The molecule has 1 heterocycles. The van der Waals surface area contributed by atoms with Crippen LogP contribution in [-0.2, 0) is 15.2 Å². The molecule has 1 aliphatic heterocycles. The third kappa shape index (κ3) is 3.70. The second-order valence-electron chi connectivity index (χ2n) is 7.15. The summed E-state index contributed by atoms with van der Waals surface area (Å²) < 4.78 is 5.10. The van der Waals surface area contributed by atoms with E-state index in [2.05, 4.69) is 10.6 Å². The second kappa shape index (κ2) is 7.14. The number of ketones is 1. The summed E-state index contributed by atoms with van der Waals surface area (Å²) >= 11 is 0. The van der Waals surface area contributed by atoms with Crippen molar-refractivity contribution in [2.45, 2.75) is 62.8 Å². The summed E-state index contributed by atoms with van der Waals surface area (Å²) in [5.41, 5.74) is -1.15. The van der Waals surface area contributed by atoms with E-state index in [1.807, 2.05) is 0 Å². The molecule has 1 saturated carbocycles. The fourth-order valence-electron chi connectivity index (χ4n) is 3.73. The molecule has 3 N–H and O–H groups in total. The summed E-state index contributed by atoms with van der Waals surface area (Å²) in [6.07, 6.45) is 4.21. The average molecular weight is 346 g/mol. The number of benzene rings is 1. The number of fused-ring (bicyclic) bond motifs is 1. The maximum absolute atomic E-state index is 12.7. The standard InChI is InChI=1S/C19H26N2O4/c1-19(24,12-7-9-13(25-2)10-8-12)17(22)11-16-18(23)21-15-6-4-3-5-14(15)20-16/h7-10,14-16,20,24H,3-6,11H2,1-2H3,(H,21,23)/t14?,15?,16-,19-/m1/s1. The maximum Gasteiger partial charge on any atom is 0.237 e. The molecule has 2 unspecified atom stereocenters. The Labute approximate surface area is 147 Å². The Bertz CT molecular complexity index is 641. The number of piperazine rings is 1. The fraction of sp³-hybridized carbons (Fsp3) is 0.579. The molecule has 0 aromatic heterocycles. The molecule has 25 heavy (non-hydrogen) atoms. The van der Waals surface area contributed by atoms with E-state index in [-0.39, 0.29) is 30.2 Å². The summed E-state index contributed by atoms with van der Waals surface area (Å²) in [6.45, 7) is 1.47. The van der Waals surface area contributed by atoms with Gasteiger partial charge in [0.15, 0.2) is 5.78 Å². The van der Waals surface area contributed by atoms with Crippen LogP contribution in [0, 0.1) is 0 Å². The van der Waals surface area contributed by atoms with Crippen molar-refractivity contribution >= 4 is 11.7 Å². The van der Waals surface area contributed by atoms with Crippen molar-refractivity contribution in [2.24, 2.45) is 0 Å². The van der Waals surface area contributed by atoms with Crippen LogP contribution in [-0.4, -0.2) is 42.0 Å². The summed E-state index contributed by atoms with van der Waals surface area (Å²) in [4.78, 5) is 25.0. The normalized spacial score (nSPS) is 28.4. The summed E-state index contributed by atoms with van der Waals surface area (Å²) in [5, 5.41) is 17.1. The van der Waals surface area contributed by atoms with Crippen LogP contribution in [0.25, 0.3) is 0 Å². The van der Waals surface area contributed by atoms with E-state index in [0.717, 1.165) is 25.7 Å². The molecule has 2 aliphatic rings. The molecule has 1 saturated heterocycles. The van der Waals surface area contributed by atoms with Crippen LogP contribution in [0.1, 0.15) is 44.6 Å². The van der Waals surface area contributed by atoms with Crippen LogP contribution in [0.5, 0.6) is 5.75 Å². The van der Waals surface area contributed by atoms with Crippen molar-refractivity contribution in [3.63, 3.8) is 0 Å². The first-order valence-corrected chi connectivity index (χ1v) is 8.88. The van der Waals surface area contributed by atoms with Crippen LogP contribution in [0.2, 0.25) is 0 Å². The summed E-state index contributed by atoms with van der Waals surface area (Å²) in [6, 6.07) is 6.54. The van der Waals surface area contributed by atoms with Crippen LogP contribution in [0.15, 0.2) is 24.3 Å². The van der Waals surface area contributed by atoms with Gasteiger partial charge in [-0.1, -0.05) is 25.0 Å². The molecule has 6 heteroatoms. The van der Waals surface area contributed by atoms with E-state index in [1.54, 1.807) is 31.4 Å². The Balaban J connectivity index is 1.68. The number of nitrogens with one attached hydrogen (secondary N) is 2. The van der Waals surface area contributed by atoms with Crippen LogP contribution >= 0.6 is 0 Å². The van der Waals surface area contributed by atoms with Gasteiger partial charge in [-0.25, -0.2) is 0 Å². The van der Waals surface area contributed by atoms with Crippen molar-refractivity contribution in [1.82, 2.24) is 10.6 Å². The highest BCUT2D eigenvalue weighted by molar-refractivity contribution is 5.94. The number of carbonyl (C=O) groups is 2. The Morgan fingerprint density at radius 3 is 2.52 bits per heavy atom. The molecular weight excluding hydrogens is 320 g/mol. The minimum absolute atomic E-state index is 0.0336. The Kier molecular flexibility index (Phi) is 5.11. The number of Topliss-reactive ketones (excluding diaryl/α,β-unsaturated/α-hetero) is 1. The van der Waals surface area contributed by atoms with E-state index in [0.29, 0.717) is 11.3 Å². The molecule has 136 valence electrons. The molecule has 4 atom stereocenters. The number of amides is 1. The lowest BCUT2D eigenvalue weighted by Crippen LogP contribution is -2.65. The molecule has 0 radical (unpaired) electrons. The molecule has 1 aromatic rings. The number of ether oxygens (including phenoxy) is 1. The third-order valence-electron chi connectivity index (χ3n) is 5.41. The first kappa shape index (κ1) is 17.9. The van der Waals surface area contributed by atoms with E-state index in [1.165, 1.54) is 6.92 Å². The molecule has 0 spiro atoms. The van der Waals surface area contributed by atoms with E-state index in [4.69, 9.17) is 4.74 Å². The van der Waals surface area contributed by atoms with E-state index >= 15 is 0 Å². The van der Waals surface area contributed by atoms with Gasteiger partial charge in [0.05, 0.1) is 13.2 Å². The van der Waals surface area contributed by atoms with Gasteiger partial charge >= 0.3 is 0 Å². The van der Waals surface area contributed by atoms with Gasteiger partial charge in [0.25, 0.3) is 0 Å². The Hall–Kier alpha value is -1.92. The second-order valence-corrected chi connectivity index (χ2v) is 7.15. The number of hydrogen-bond donors (Lipinski definition) is 3. The zero-order valence-corrected chi connectivity index (χ0v) is 14.7. The van der Waals surface area contributed by atoms with Gasteiger partial charge in [0.1, 0.15) is 11.4 Å². The summed E-state index contributed by atoms with van der Waals surface area (Å²) in [7, 11) is 1.56. The number of hydrogen-bond acceptors (Lipinski definition) is 5. The topological polar surface area (TPSA) is 87.7 Å². The molecule has 0 bridgehead atoms. The van der Waals surface area contributed by atoms with E-state index in [9.17, 15) is 14.7 Å². The molecule has 1 amide bonds. The molecular formula is C19H26N2O4. The highest BCUT2D eigenvalue weighted by Crippen LogP contribution is 2.27. The number of methoxy groups -OCH3 is 1. The van der Waals surface area contributed by atoms with Crippen molar-refractivity contribution in [2.75, 3.05) is 7.11 Å². The van der Waals surface area contributed by atoms with Gasteiger partial charge in [0, 0.05) is 18.5 Å². The lowest BCUT2D eigenvalue weighted by Gasteiger charge is -2.40. The smallest absolute Gasteiger partial charge is 0.237 e. The van der Waals surface area contributed by atoms with Gasteiger partial charge in [-0.15, -0.1) is 0 Å². The quantitative estimate of drug-likeness (QED) is 0.747. The monoisotopic (exact) mass is 346 g/mol. The highest BCUT2D eigenvalue weighted by atomic mass is 16.5. The zero-order chi connectivity index (χ0) is 18.0. The minimum atomic E-state index is -1.64.